The quantitative estimate of drug-likeness (QED) is 0.340. The van der Waals surface area contributed by atoms with Crippen LogP contribution >= 0.6 is 12.2 Å². The first-order valence-electron chi connectivity index (χ1n) is 13.1. The zero-order valence-electron chi connectivity index (χ0n) is 22.2. The summed E-state index contributed by atoms with van der Waals surface area (Å²) in [5.74, 6) is -0.209. The number of anilines is 1. The molecule has 38 heavy (non-hydrogen) atoms. The number of aryl methyl sites for hydroxylation is 1. The van der Waals surface area contributed by atoms with Gasteiger partial charge in [0, 0.05) is 55.0 Å². The van der Waals surface area contributed by atoms with E-state index in [2.05, 4.69) is 68.8 Å². The molecular weight excluding hydrogens is 498 g/mol. The largest absolute Gasteiger partial charge is 0.469 e. The first kappa shape index (κ1) is 26.2. The van der Waals surface area contributed by atoms with E-state index in [0.29, 0.717) is 24.5 Å². The van der Waals surface area contributed by atoms with Crippen molar-refractivity contribution in [3.63, 3.8) is 0 Å². The van der Waals surface area contributed by atoms with E-state index in [1.807, 2.05) is 24.4 Å². The molecule has 2 aromatic heterocycles. The molecule has 8 nitrogen and oxygen atoms in total. The van der Waals surface area contributed by atoms with Gasteiger partial charge in [0.1, 0.15) is 0 Å². The number of ether oxygens (including phenoxy) is 2. The number of morpholine rings is 1. The minimum Gasteiger partial charge on any atom is -0.469 e. The maximum atomic E-state index is 11.8. The van der Waals surface area contributed by atoms with Gasteiger partial charge in [-0.3, -0.25) is 9.78 Å². The maximum absolute atomic E-state index is 11.8. The lowest BCUT2D eigenvalue weighted by Crippen LogP contribution is -2.36. The molecule has 2 saturated heterocycles. The van der Waals surface area contributed by atoms with Crippen LogP contribution in [-0.2, 0) is 14.3 Å². The van der Waals surface area contributed by atoms with Crippen LogP contribution in [-0.4, -0.2) is 65.5 Å². The van der Waals surface area contributed by atoms with Crippen molar-refractivity contribution in [1.29, 1.82) is 0 Å². The molecular formula is C29H35N5O3S. The van der Waals surface area contributed by atoms with Gasteiger partial charge in [-0.1, -0.05) is 6.07 Å². The Balaban J connectivity index is 1.47. The summed E-state index contributed by atoms with van der Waals surface area (Å²) in [5, 5.41) is 4.19. The van der Waals surface area contributed by atoms with Gasteiger partial charge in [0.15, 0.2) is 5.11 Å². The summed E-state index contributed by atoms with van der Waals surface area (Å²) in [6, 6.07) is 16.8. The number of rotatable bonds is 8. The van der Waals surface area contributed by atoms with Crippen LogP contribution < -0.4 is 10.2 Å². The molecule has 2 aliphatic heterocycles. The van der Waals surface area contributed by atoms with E-state index in [1.54, 1.807) is 0 Å². The fourth-order valence-electron chi connectivity index (χ4n) is 5.60. The average Bonchev–Trinajstić information content (AvgIpc) is 3.43. The van der Waals surface area contributed by atoms with Gasteiger partial charge in [-0.2, -0.15) is 0 Å². The van der Waals surface area contributed by atoms with Crippen LogP contribution in [0.5, 0.6) is 0 Å². The average molecular weight is 534 g/mol. The zero-order valence-corrected chi connectivity index (χ0v) is 23.0. The van der Waals surface area contributed by atoms with Crippen molar-refractivity contribution < 1.29 is 14.3 Å². The molecule has 0 saturated carbocycles. The molecule has 0 bridgehead atoms. The van der Waals surface area contributed by atoms with Crippen molar-refractivity contribution in [1.82, 2.24) is 19.8 Å². The number of hydrogen-bond acceptors (Lipinski definition) is 6. The normalized spacial score (nSPS) is 19.5. The highest BCUT2D eigenvalue weighted by Crippen LogP contribution is 2.41. The monoisotopic (exact) mass is 533 g/mol. The zero-order chi connectivity index (χ0) is 26.6. The minimum atomic E-state index is -0.209. The summed E-state index contributed by atoms with van der Waals surface area (Å²) in [4.78, 5) is 21.0. The highest BCUT2D eigenvalue weighted by molar-refractivity contribution is 7.80. The Bertz CT molecular complexity index is 1270. The van der Waals surface area contributed by atoms with Crippen LogP contribution in [0.15, 0.2) is 54.7 Å². The summed E-state index contributed by atoms with van der Waals surface area (Å²) in [5.41, 5.74) is 6.80. The third kappa shape index (κ3) is 5.26. The molecule has 2 atom stereocenters. The van der Waals surface area contributed by atoms with Gasteiger partial charge in [0.25, 0.3) is 0 Å². The second-order valence-corrected chi connectivity index (χ2v) is 10.2. The second-order valence-electron chi connectivity index (χ2n) is 9.78. The summed E-state index contributed by atoms with van der Waals surface area (Å²) in [6.07, 6.45) is 2.82. The highest BCUT2D eigenvalue weighted by atomic mass is 32.1. The molecule has 9 heteroatoms. The smallest absolute Gasteiger partial charge is 0.305 e. The molecule has 3 aromatic rings. The van der Waals surface area contributed by atoms with Crippen molar-refractivity contribution in [2.75, 3.05) is 44.9 Å². The molecule has 4 heterocycles. The molecule has 0 aliphatic carbocycles. The van der Waals surface area contributed by atoms with Crippen molar-refractivity contribution in [2.45, 2.75) is 38.8 Å². The van der Waals surface area contributed by atoms with E-state index < -0.39 is 0 Å². The molecule has 1 N–H and O–H groups in total. The Labute approximate surface area is 229 Å². The van der Waals surface area contributed by atoms with Gasteiger partial charge in [-0.05, 0) is 80.5 Å². The summed E-state index contributed by atoms with van der Waals surface area (Å²) >= 11 is 5.81. The lowest BCUT2D eigenvalue weighted by molar-refractivity contribution is -0.140. The number of benzene rings is 1. The Hall–Kier alpha value is -3.43. The molecule has 2 unspecified atom stereocenters. The molecule has 0 spiro atoms. The first-order chi connectivity index (χ1) is 18.5. The Morgan fingerprint density at radius 1 is 1.13 bits per heavy atom. The van der Waals surface area contributed by atoms with Gasteiger partial charge in [0.2, 0.25) is 0 Å². The predicted octanol–water partition coefficient (Wildman–Crippen LogP) is 4.25. The van der Waals surface area contributed by atoms with E-state index in [9.17, 15) is 4.79 Å². The van der Waals surface area contributed by atoms with Gasteiger partial charge in [-0.25, -0.2) is 0 Å². The Morgan fingerprint density at radius 3 is 2.55 bits per heavy atom. The van der Waals surface area contributed by atoms with Crippen LogP contribution in [0.25, 0.3) is 5.69 Å². The predicted molar refractivity (Wildman–Crippen MR) is 152 cm³/mol. The summed E-state index contributed by atoms with van der Waals surface area (Å²) in [6.45, 7) is 8.33. The van der Waals surface area contributed by atoms with E-state index >= 15 is 0 Å². The van der Waals surface area contributed by atoms with Gasteiger partial charge in [-0.15, -0.1) is 0 Å². The van der Waals surface area contributed by atoms with Crippen LogP contribution in [0.4, 0.5) is 5.69 Å². The van der Waals surface area contributed by atoms with Gasteiger partial charge < -0.3 is 29.2 Å². The second kappa shape index (κ2) is 11.5. The Morgan fingerprint density at radius 2 is 1.87 bits per heavy atom. The third-order valence-corrected chi connectivity index (χ3v) is 7.83. The van der Waals surface area contributed by atoms with Crippen molar-refractivity contribution >= 4 is 29.0 Å². The Kier molecular flexibility index (Phi) is 7.95. The van der Waals surface area contributed by atoms with E-state index in [0.717, 1.165) is 49.1 Å². The number of esters is 1. The van der Waals surface area contributed by atoms with E-state index in [-0.39, 0.29) is 18.1 Å². The lowest BCUT2D eigenvalue weighted by Gasteiger charge is -2.29. The molecule has 200 valence electrons. The van der Waals surface area contributed by atoms with Crippen LogP contribution in [0.3, 0.4) is 0 Å². The van der Waals surface area contributed by atoms with Gasteiger partial charge in [0.05, 0.1) is 38.1 Å². The summed E-state index contributed by atoms with van der Waals surface area (Å²) < 4.78 is 12.7. The van der Waals surface area contributed by atoms with Crippen LogP contribution in [0.1, 0.15) is 47.6 Å². The number of pyridine rings is 1. The molecule has 0 amide bonds. The number of carbonyl (C=O) groups is 1. The number of carbonyl (C=O) groups excluding carboxylic acids is 1. The standard InChI is InChI=1S/C29H35N5O3S/c1-20-19-24(21(2)34(20)23-11-9-22(10-12-23)32-15-17-37-18-16-32)28-27(25-7-4-5-13-30-25)31-29(38)33(28)14-6-8-26(35)36-3/h4-5,7,9-13,19,27-28H,6,8,14-18H2,1-3H3,(H,31,38). The number of nitrogens with one attached hydrogen (secondary N) is 1. The summed E-state index contributed by atoms with van der Waals surface area (Å²) in [7, 11) is 1.42. The lowest BCUT2D eigenvalue weighted by atomic mass is 9.96. The van der Waals surface area contributed by atoms with Crippen molar-refractivity contribution in [2.24, 2.45) is 0 Å². The minimum absolute atomic E-state index is 0.0531. The van der Waals surface area contributed by atoms with Gasteiger partial charge >= 0.3 is 5.97 Å². The van der Waals surface area contributed by atoms with Crippen molar-refractivity contribution in [3.8, 4) is 5.69 Å². The fraction of sp³-hybridized carbons (Fsp3) is 0.414. The molecule has 0 radical (unpaired) electrons. The first-order valence-corrected chi connectivity index (χ1v) is 13.6. The number of methoxy groups -OCH3 is 1. The SMILES string of the molecule is COC(=O)CCCN1C(=S)NC(c2ccccn2)C1c1cc(C)n(-c2ccc(N3CCOCC3)cc2)c1C. The molecule has 1 aromatic carbocycles. The topological polar surface area (TPSA) is 71.9 Å². The van der Waals surface area contributed by atoms with Crippen LogP contribution in [0.2, 0.25) is 0 Å². The number of thiocarbonyl (C=S) groups is 1. The van der Waals surface area contributed by atoms with Crippen LogP contribution in [0, 0.1) is 13.8 Å². The third-order valence-electron chi connectivity index (χ3n) is 7.48. The van der Waals surface area contributed by atoms with Crippen molar-refractivity contribution in [3.05, 3.63) is 77.4 Å². The number of nitrogens with zero attached hydrogens (tertiary/aromatic N) is 4. The van der Waals surface area contributed by atoms with E-state index in [4.69, 9.17) is 21.7 Å². The molecule has 2 aliphatic rings. The molecule has 2 fully saturated rings. The highest BCUT2D eigenvalue weighted by Gasteiger charge is 2.41. The maximum Gasteiger partial charge on any atom is 0.305 e. The number of hydrogen-bond donors (Lipinski definition) is 1. The molecule has 5 rings (SSSR count). The fourth-order valence-corrected chi connectivity index (χ4v) is 5.93. The number of aromatic nitrogens is 2. The van der Waals surface area contributed by atoms with E-state index in [1.165, 1.54) is 18.4 Å².